The average molecular weight is 435 g/mol. The maximum absolute atomic E-state index is 14.4. The van der Waals surface area contributed by atoms with Gasteiger partial charge in [-0.15, -0.1) is 0 Å². The van der Waals surface area contributed by atoms with E-state index in [0.29, 0.717) is 23.2 Å². The number of carbonyl (C=O) groups excluding carboxylic acids is 3. The van der Waals surface area contributed by atoms with E-state index in [-0.39, 0.29) is 42.0 Å². The summed E-state index contributed by atoms with van der Waals surface area (Å²) >= 11 is 0. The summed E-state index contributed by atoms with van der Waals surface area (Å²) in [7, 11) is 1.49. The predicted molar refractivity (Wildman–Crippen MR) is 117 cm³/mol. The smallest absolute Gasteiger partial charge is 0.253 e. The standard InChI is InChI=1S/C25H26FN3O3/c1-14(2)12-18-20-21(23(31)28(3)22(20)30)25(27-18)16-9-5-7-11-19(16)29(24(25)32)13-15-8-4-6-10-17(15)26/h4-11,14,18,20-21,27H,12-13H2,1-3H3/t18-,20-,21-,25-/m0/s1. The first-order chi connectivity index (χ1) is 15.3. The lowest BCUT2D eigenvalue weighted by atomic mass is 9.76. The lowest BCUT2D eigenvalue weighted by Gasteiger charge is -2.30. The second kappa shape index (κ2) is 7.24. The average Bonchev–Trinajstić information content (AvgIpc) is 3.30. The second-order valence-electron chi connectivity index (χ2n) is 9.43. The molecule has 32 heavy (non-hydrogen) atoms. The van der Waals surface area contributed by atoms with Gasteiger partial charge >= 0.3 is 0 Å². The van der Waals surface area contributed by atoms with E-state index < -0.39 is 17.4 Å². The lowest BCUT2D eigenvalue weighted by Crippen LogP contribution is -2.54. The number of halogens is 1. The van der Waals surface area contributed by atoms with Crippen LogP contribution in [0.15, 0.2) is 48.5 Å². The van der Waals surface area contributed by atoms with Crippen LogP contribution in [0.3, 0.4) is 0 Å². The van der Waals surface area contributed by atoms with E-state index in [4.69, 9.17) is 0 Å². The molecule has 0 aromatic heterocycles. The fraction of sp³-hybridized carbons (Fsp3) is 0.400. The van der Waals surface area contributed by atoms with Gasteiger partial charge in [0.2, 0.25) is 11.8 Å². The predicted octanol–water partition coefficient (Wildman–Crippen LogP) is 2.82. The number of nitrogens with zero attached hydrogens (tertiary/aromatic N) is 2. The molecule has 0 unspecified atom stereocenters. The highest BCUT2D eigenvalue weighted by Crippen LogP contribution is 2.55. The molecule has 2 aromatic rings. The van der Waals surface area contributed by atoms with Crippen molar-refractivity contribution in [2.75, 3.05) is 11.9 Å². The number of carbonyl (C=O) groups is 3. The molecule has 3 heterocycles. The Hall–Kier alpha value is -3.06. The van der Waals surface area contributed by atoms with Crippen LogP contribution in [0.25, 0.3) is 0 Å². The second-order valence-corrected chi connectivity index (χ2v) is 9.43. The third kappa shape index (κ3) is 2.70. The van der Waals surface area contributed by atoms with Crippen molar-refractivity contribution in [3.8, 4) is 0 Å². The summed E-state index contributed by atoms with van der Waals surface area (Å²) in [6, 6.07) is 13.4. The molecule has 5 rings (SSSR count). The molecule has 2 saturated heterocycles. The van der Waals surface area contributed by atoms with Crippen molar-refractivity contribution in [2.24, 2.45) is 17.8 Å². The Morgan fingerprint density at radius 3 is 2.44 bits per heavy atom. The number of imide groups is 1. The van der Waals surface area contributed by atoms with Crippen LogP contribution < -0.4 is 10.2 Å². The van der Waals surface area contributed by atoms with Crippen molar-refractivity contribution >= 4 is 23.4 Å². The molecule has 1 spiro atoms. The molecule has 2 aromatic carbocycles. The van der Waals surface area contributed by atoms with Crippen molar-refractivity contribution in [3.05, 3.63) is 65.5 Å². The van der Waals surface area contributed by atoms with E-state index in [1.54, 1.807) is 23.1 Å². The fourth-order valence-electron chi connectivity index (χ4n) is 5.76. The number of rotatable bonds is 4. The third-order valence-corrected chi connectivity index (χ3v) is 7.10. The normalized spacial score (nSPS) is 28.9. The summed E-state index contributed by atoms with van der Waals surface area (Å²) in [5.74, 6) is -2.41. The van der Waals surface area contributed by atoms with E-state index >= 15 is 0 Å². The van der Waals surface area contributed by atoms with E-state index in [1.165, 1.54) is 18.0 Å². The van der Waals surface area contributed by atoms with E-state index in [1.807, 2.05) is 24.3 Å². The summed E-state index contributed by atoms with van der Waals surface area (Å²) in [6.07, 6.45) is 0.665. The molecule has 166 valence electrons. The van der Waals surface area contributed by atoms with Gasteiger partial charge in [-0.3, -0.25) is 24.6 Å². The molecule has 0 aliphatic carbocycles. The van der Waals surface area contributed by atoms with Crippen LogP contribution >= 0.6 is 0 Å². The molecular formula is C25H26FN3O3. The molecule has 1 N–H and O–H groups in total. The molecule has 0 saturated carbocycles. The van der Waals surface area contributed by atoms with Crippen molar-refractivity contribution in [1.29, 1.82) is 0 Å². The zero-order chi connectivity index (χ0) is 22.8. The first-order valence-electron chi connectivity index (χ1n) is 11.0. The number of hydrogen-bond donors (Lipinski definition) is 1. The van der Waals surface area contributed by atoms with Gasteiger partial charge in [-0.2, -0.15) is 0 Å². The van der Waals surface area contributed by atoms with Crippen LogP contribution in [-0.4, -0.2) is 35.7 Å². The quantitative estimate of drug-likeness (QED) is 0.750. The minimum absolute atomic E-state index is 0.0517. The highest BCUT2D eigenvalue weighted by molar-refractivity contribution is 6.15. The van der Waals surface area contributed by atoms with Gasteiger partial charge in [-0.25, -0.2) is 4.39 Å². The minimum Gasteiger partial charge on any atom is -0.306 e. The van der Waals surface area contributed by atoms with Gasteiger partial charge in [-0.1, -0.05) is 50.2 Å². The third-order valence-electron chi connectivity index (χ3n) is 7.10. The lowest BCUT2D eigenvalue weighted by molar-refractivity contribution is -0.141. The van der Waals surface area contributed by atoms with Gasteiger partial charge in [0.05, 0.1) is 18.4 Å². The molecule has 4 atom stereocenters. The summed E-state index contributed by atoms with van der Waals surface area (Å²) in [5.41, 5.74) is 0.391. The van der Waals surface area contributed by atoms with Gasteiger partial charge in [0, 0.05) is 29.9 Å². The van der Waals surface area contributed by atoms with Crippen LogP contribution in [0.2, 0.25) is 0 Å². The van der Waals surface area contributed by atoms with E-state index in [0.717, 1.165) is 0 Å². The molecular weight excluding hydrogens is 409 g/mol. The molecule has 7 heteroatoms. The van der Waals surface area contributed by atoms with Crippen LogP contribution in [0.5, 0.6) is 0 Å². The largest absolute Gasteiger partial charge is 0.306 e. The number of anilines is 1. The van der Waals surface area contributed by atoms with Gasteiger partial charge in [0.1, 0.15) is 11.4 Å². The Bertz CT molecular complexity index is 1130. The van der Waals surface area contributed by atoms with Gasteiger partial charge < -0.3 is 4.90 Å². The molecule has 2 fully saturated rings. The zero-order valence-corrected chi connectivity index (χ0v) is 18.3. The SMILES string of the molecule is CC(C)C[C@@H]1N[C@]2(C(=O)N(Cc3ccccc3F)c3ccccc32)[C@@H]2C(=O)N(C)C(=O)[C@@H]12. The number of hydrogen-bond acceptors (Lipinski definition) is 4. The first kappa shape index (κ1) is 20.8. The van der Waals surface area contributed by atoms with E-state index in [2.05, 4.69) is 19.2 Å². The Kier molecular flexibility index (Phi) is 4.71. The molecule has 0 bridgehead atoms. The fourth-order valence-corrected chi connectivity index (χ4v) is 5.76. The van der Waals surface area contributed by atoms with E-state index in [9.17, 15) is 18.8 Å². The number of amides is 3. The van der Waals surface area contributed by atoms with Crippen molar-refractivity contribution in [1.82, 2.24) is 10.2 Å². The molecule has 3 aliphatic rings. The first-order valence-corrected chi connectivity index (χ1v) is 11.0. The number of fused-ring (bicyclic) bond motifs is 4. The van der Waals surface area contributed by atoms with Gasteiger partial charge in [0.25, 0.3) is 5.91 Å². The van der Waals surface area contributed by atoms with Crippen LogP contribution in [-0.2, 0) is 26.5 Å². The van der Waals surface area contributed by atoms with Gasteiger partial charge in [0.15, 0.2) is 0 Å². The summed E-state index contributed by atoms with van der Waals surface area (Å²) in [5, 5.41) is 3.46. The molecule has 0 radical (unpaired) electrons. The summed E-state index contributed by atoms with van der Waals surface area (Å²) in [4.78, 5) is 43.2. The summed E-state index contributed by atoms with van der Waals surface area (Å²) in [6.45, 7) is 4.17. The highest BCUT2D eigenvalue weighted by atomic mass is 19.1. The van der Waals surface area contributed by atoms with Crippen LogP contribution in [0.1, 0.15) is 31.4 Å². The van der Waals surface area contributed by atoms with Crippen molar-refractivity contribution in [3.63, 3.8) is 0 Å². The maximum Gasteiger partial charge on any atom is 0.253 e. The Morgan fingerprint density at radius 2 is 1.72 bits per heavy atom. The monoisotopic (exact) mass is 435 g/mol. The maximum atomic E-state index is 14.4. The van der Waals surface area contributed by atoms with Crippen molar-refractivity contribution < 1.29 is 18.8 Å². The van der Waals surface area contributed by atoms with Crippen molar-refractivity contribution in [2.45, 2.75) is 38.4 Å². The van der Waals surface area contributed by atoms with Crippen LogP contribution in [0, 0.1) is 23.6 Å². The number of likely N-dealkylation sites (tertiary alicyclic amines) is 1. The Balaban J connectivity index is 1.65. The zero-order valence-electron chi connectivity index (χ0n) is 18.3. The minimum atomic E-state index is -1.33. The number of para-hydroxylation sites is 1. The topological polar surface area (TPSA) is 69.7 Å². The van der Waals surface area contributed by atoms with Crippen LogP contribution in [0.4, 0.5) is 10.1 Å². The summed E-state index contributed by atoms with van der Waals surface area (Å²) < 4.78 is 14.4. The molecule has 3 amide bonds. The number of nitrogens with one attached hydrogen (secondary N) is 1. The Morgan fingerprint density at radius 1 is 1.03 bits per heavy atom. The molecule has 6 nitrogen and oxygen atoms in total. The van der Waals surface area contributed by atoms with Gasteiger partial charge in [-0.05, 0) is 24.5 Å². The Labute approximate surface area is 186 Å². The number of benzene rings is 2. The highest BCUT2D eigenvalue weighted by Gasteiger charge is 2.71. The molecule has 3 aliphatic heterocycles.